The van der Waals surface area contributed by atoms with Crippen LogP contribution in [0.3, 0.4) is 0 Å². The highest BCUT2D eigenvalue weighted by Gasteiger charge is 2.41. The molecule has 212 valence electrons. The van der Waals surface area contributed by atoms with Crippen LogP contribution in [0.1, 0.15) is 70.6 Å². The van der Waals surface area contributed by atoms with Gasteiger partial charge >= 0.3 is 0 Å². The number of nitrogens with zero attached hydrogens (tertiary/aromatic N) is 6. The lowest BCUT2D eigenvalue weighted by atomic mass is 10.0. The van der Waals surface area contributed by atoms with E-state index in [4.69, 9.17) is 14.1 Å². The lowest BCUT2D eigenvalue weighted by Gasteiger charge is -2.43. The van der Waals surface area contributed by atoms with Gasteiger partial charge in [-0.25, -0.2) is 4.98 Å². The van der Waals surface area contributed by atoms with Gasteiger partial charge in [0.15, 0.2) is 5.82 Å². The van der Waals surface area contributed by atoms with Crippen LogP contribution >= 0.6 is 0 Å². The third kappa shape index (κ3) is 5.10. The van der Waals surface area contributed by atoms with Crippen LogP contribution in [-0.4, -0.2) is 58.4 Å². The van der Waals surface area contributed by atoms with Crippen LogP contribution < -0.4 is 25.2 Å². The Morgan fingerprint density at radius 1 is 1.10 bits per heavy atom. The number of hydrogen-bond acceptors (Lipinski definition) is 10. The van der Waals surface area contributed by atoms with Crippen LogP contribution in [0.25, 0.3) is 11.5 Å². The van der Waals surface area contributed by atoms with E-state index in [1.165, 1.54) is 38.5 Å². The van der Waals surface area contributed by atoms with Crippen molar-refractivity contribution in [2.75, 3.05) is 29.3 Å². The maximum atomic E-state index is 13.2. The molecule has 6 rings (SSSR count). The van der Waals surface area contributed by atoms with Gasteiger partial charge in [-0.3, -0.25) is 4.79 Å². The number of methoxy groups -OCH3 is 1. The molecule has 3 heterocycles. The van der Waals surface area contributed by atoms with E-state index in [2.05, 4.69) is 37.6 Å². The second-order valence-corrected chi connectivity index (χ2v) is 11.0. The standard InChI is InChI=1S/C29H38N8O3/c1-4-22-28(38)36(2)23-16-31-29(33-26(23)37(22)20-11-7-8-12-20)32-21-14-13-18(15-24(21)39-3)27-35-34-25(40-27)17-30-19-9-5-6-10-19/h13-16,19-20,22,30H,4-12,17H2,1-3H3,(H,31,32,33)/t22-/m1/s1. The Balaban J connectivity index is 1.23. The topological polar surface area (TPSA) is 122 Å². The summed E-state index contributed by atoms with van der Waals surface area (Å²) in [6.07, 6.45) is 11.9. The Bertz CT molecular complexity index is 1350. The van der Waals surface area contributed by atoms with Gasteiger partial charge in [0.05, 0.1) is 25.5 Å². The molecular formula is C29H38N8O3. The van der Waals surface area contributed by atoms with Crippen molar-refractivity contribution in [2.45, 2.75) is 89.4 Å². The molecule has 3 aliphatic rings. The molecule has 11 nitrogen and oxygen atoms in total. The normalized spacial score (nSPS) is 19.9. The monoisotopic (exact) mass is 546 g/mol. The van der Waals surface area contributed by atoms with Crippen molar-refractivity contribution in [2.24, 2.45) is 0 Å². The van der Waals surface area contributed by atoms with Crippen molar-refractivity contribution in [1.82, 2.24) is 25.5 Å². The molecule has 1 aromatic carbocycles. The lowest BCUT2D eigenvalue weighted by molar-refractivity contribution is -0.120. The number of nitrogens with one attached hydrogen (secondary N) is 2. The number of fused-ring (bicyclic) bond motifs is 1. The first-order chi connectivity index (χ1) is 19.6. The van der Waals surface area contributed by atoms with Crippen LogP contribution in [0.15, 0.2) is 28.8 Å². The van der Waals surface area contributed by atoms with Crippen molar-refractivity contribution in [3.05, 3.63) is 30.3 Å². The van der Waals surface area contributed by atoms with Gasteiger partial charge in [0, 0.05) is 24.7 Å². The number of anilines is 4. The van der Waals surface area contributed by atoms with Crippen molar-refractivity contribution < 1.29 is 13.9 Å². The average Bonchev–Trinajstić information content (AvgIpc) is 3.77. The lowest BCUT2D eigenvalue weighted by Crippen LogP contribution is -2.55. The molecule has 2 saturated carbocycles. The molecule has 0 bridgehead atoms. The second kappa shape index (κ2) is 11.4. The maximum Gasteiger partial charge on any atom is 0.249 e. The zero-order valence-electron chi connectivity index (χ0n) is 23.5. The van der Waals surface area contributed by atoms with Crippen LogP contribution in [0, 0.1) is 0 Å². The van der Waals surface area contributed by atoms with Gasteiger partial charge in [0.25, 0.3) is 0 Å². The Morgan fingerprint density at radius 2 is 1.88 bits per heavy atom. The first-order valence-electron chi connectivity index (χ1n) is 14.5. The Labute approximate surface area is 234 Å². The fourth-order valence-electron chi connectivity index (χ4n) is 6.29. The van der Waals surface area contributed by atoms with E-state index in [-0.39, 0.29) is 11.9 Å². The van der Waals surface area contributed by atoms with Crippen LogP contribution in [-0.2, 0) is 11.3 Å². The van der Waals surface area contributed by atoms with E-state index >= 15 is 0 Å². The molecule has 0 saturated heterocycles. The summed E-state index contributed by atoms with van der Waals surface area (Å²) in [5, 5.41) is 15.3. The molecule has 40 heavy (non-hydrogen) atoms. The van der Waals surface area contributed by atoms with E-state index < -0.39 is 0 Å². The van der Waals surface area contributed by atoms with Crippen molar-refractivity contribution in [3.63, 3.8) is 0 Å². The molecule has 0 spiro atoms. The molecule has 0 unspecified atom stereocenters. The fraction of sp³-hybridized carbons (Fsp3) is 0.552. The Hall–Kier alpha value is -3.73. The van der Waals surface area contributed by atoms with Gasteiger partial charge in [-0.1, -0.05) is 32.6 Å². The van der Waals surface area contributed by atoms with E-state index in [0.29, 0.717) is 47.8 Å². The molecule has 3 aromatic rings. The van der Waals surface area contributed by atoms with E-state index in [1.54, 1.807) is 18.2 Å². The predicted octanol–water partition coefficient (Wildman–Crippen LogP) is 4.82. The van der Waals surface area contributed by atoms with Crippen molar-refractivity contribution in [1.29, 1.82) is 0 Å². The number of amides is 1. The summed E-state index contributed by atoms with van der Waals surface area (Å²) in [5.41, 5.74) is 2.23. The highest BCUT2D eigenvalue weighted by atomic mass is 16.5. The smallest absolute Gasteiger partial charge is 0.249 e. The van der Waals surface area contributed by atoms with Gasteiger partial charge in [-0.2, -0.15) is 4.98 Å². The zero-order valence-corrected chi connectivity index (χ0v) is 23.5. The van der Waals surface area contributed by atoms with Crippen molar-refractivity contribution >= 4 is 29.0 Å². The Morgan fingerprint density at radius 3 is 2.62 bits per heavy atom. The predicted molar refractivity (Wildman–Crippen MR) is 153 cm³/mol. The van der Waals surface area contributed by atoms with Gasteiger partial charge in [0.2, 0.25) is 23.6 Å². The second-order valence-electron chi connectivity index (χ2n) is 11.0. The first-order valence-corrected chi connectivity index (χ1v) is 14.5. The van der Waals surface area contributed by atoms with Crippen molar-refractivity contribution in [3.8, 4) is 17.2 Å². The van der Waals surface area contributed by atoms with Gasteiger partial charge in [0.1, 0.15) is 17.5 Å². The average molecular weight is 547 g/mol. The number of aromatic nitrogens is 4. The quantitative estimate of drug-likeness (QED) is 0.386. The number of rotatable bonds is 9. The molecule has 1 aliphatic heterocycles. The summed E-state index contributed by atoms with van der Waals surface area (Å²) < 4.78 is 11.6. The number of likely N-dealkylation sites (N-methyl/N-ethyl adjacent to an activating group) is 1. The first kappa shape index (κ1) is 26.5. The number of ether oxygens (including phenoxy) is 1. The summed E-state index contributed by atoms with van der Waals surface area (Å²) in [6.45, 7) is 2.64. The highest BCUT2D eigenvalue weighted by Crippen LogP contribution is 2.40. The van der Waals surface area contributed by atoms with E-state index in [1.807, 2.05) is 25.2 Å². The highest BCUT2D eigenvalue weighted by molar-refractivity contribution is 6.04. The minimum Gasteiger partial charge on any atom is -0.495 e. The van der Waals surface area contributed by atoms with Gasteiger partial charge < -0.3 is 29.6 Å². The minimum absolute atomic E-state index is 0.0990. The van der Waals surface area contributed by atoms with Crippen LogP contribution in [0.2, 0.25) is 0 Å². The molecule has 2 aliphatic carbocycles. The third-order valence-electron chi connectivity index (χ3n) is 8.47. The third-order valence-corrected chi connectivity index (χ3v) is 8.47. The van der Waals surface area contributed by atoms with Crippen LogP contribution in [0.5, 0.6) is 5.75 Å². The molecule has 11 heteroatoms. The summed E-state index contributed by atoms with van der Waals surface area (Å²) in [6, 6.07) is 6.31. The largest absolute Gasteiger partial charge is 0.495 e. The number of carbonyl (C=O) groups excluding carboxylic acids is 1. The maximum absolute atomic E-state index is 13.2. The zero-order chi connectivity index (χ0) is 27.6. The molecule has 0 radical (unpaired) electrons. The SMILES string of the molecule is CC[C@@H]1C(=O)N(C)c2cnc(Nc3ccc(-c4nnc(CNC5CCCC5)o4)cc3OC)nc2N1C1CCCC1. The molecule has 1 amide bonds. The summed E-state index contributed by atoms with van der Waals surface area (Å²) in [5.74, 6) is 2.98. The van der Waals surface area contributed by atoms with E-state index in [9.17, 15) is 4.79 Å². The minimum atomic E-state index is -0.218. The Kier molecular flexibility index (Phi) is 7.55. The molecule has 2 N–H and O–H groups in total. The molecule has 1 atom stereocenters. The molecule has 2 aromatic heterocycles. The summed E-state index contributed by atoms with van der Waals surface area (Å²) in [7, 11) is 3.43. The number of benzene rings is 1. The summed E-state index contributed by atoms with van der Waals surface area (Å²) >= 11 is 0. The number of hydrogen-bond donors (Lipinski definition) is 2. The van der Waals surface area contributed by atoms with Gasteiger partial charge in [-0.15, -0.1) is 10.2 Å². The fourth-order valence-corrected chi connectivity index (χ4v) is 6.29. The molecular weight excluding hydrogens is 508 g/mol. The van der Waals surface area contributed by atoms with Crippen LogP contribution in [0.4, 0.5) is 23.1 Å². The summed E-state index contributed by atoms with van der Waals surface area (Å²) in [4.78, 5) is 26.6. The van der Waals surface area contributed by atoms with Gasteiger partial charge in [-0.05, 0) is 50.3 Å². The van der Waals surface area contributed by atoms with E-state index in [0.717, 1.165) is 36.3 Å². The number of carbonyl (C=O) groups is 1. The molecule has 2 fully saturated rings.